The summed E-state index contributed by atoms with van der Waals surface area (Å²) in [6.45, 7) is 2.64. The molecule has 10 heteroatoms. The van der Waals surface area contributed by atoms with Crippen LogP contribution in [0.3, 0.4) is 0 Å². The molecule has 9 nitrogen and oxygen atoms in total. The van der Waals surface area contributed by atoms with E-state index in [0.717, 1.165) is 47.6 Å². The van der Waals surface area contributed by atoms with Gasteiger partial charge in [0.15, 0.2) is 0 Å². The van der Waals surface area contributed by atoms with Crippen molar-refractivity contribution in [1.29, 1.82) is 0 Å². The van der Waals surface area contributed by atoms with Crippen molar-refractivity contribution >= 4 is 28.5 Å². The van der Waals surface area contributed by atoms with Crippen molar-refractivity contribution in [2.24, 2.45) is 0 Å². The Morgan fingerprint density at radius 3 is 2.41 bits per heavy atom. The van der Waals surface area contributed by atoms with Crippen molar-refractivity contribution < 1.29 is 19.1 Å². The van der Waals surface area contributed by atoms with Gasteiger partial charge in [0.05, 0.1) is 16.6 Å². The van der Waals surface area contributed by atoms with Gasteiger partial charge < -0.3 is 15.3 Å². The number of carbonyl (C=O) groups excluding carboxylic acids is 1. The average Bonchev–Trinajstić information content (AvgIpc) is 2.80. The van der Waals surface area contributed by atoms with E-state index in [1.165, 1.54) is 17.7 Å². The van der Waals surface area contributed by atoms with Gasteiger partial charge in [-0.05, 0) is 37.8 Å². The second-order valence-corrected chi connectivity index (χ2v) is 8.99. The highest BCUT2D eigenvalue weighted by Crippen LogP contribution is 2.27. The molecule has 1 aliphatic rings. The first-order valence-electron chi connectivity index (χ1n) is 11.9. The zero-order valence-electron chi connectivity index (χ0n) is 20.0. The number of carbonyl (C=O) groups is 2. The summed E-state index contributed by atoms with van der Waals surface area (Å²) in [4.78, 5) is 51.0. The quantitative estimate of drug-likeness (QED) is 0.575. The summed E-state index contributed by atoms with van der Waals surface area (Å²) in [6, 6.07) is 2.53. The van der Waals surface area contributed by atoms with Crippen LogP contribution in [0.15, 0.2) is 21.7 Å². The molecule has 1 aromatic carbocycles. The number of halogens is 1. The van der Waals surface area contributed by atoms with Gasteiger partial charge in [-0.3, -0.25) is 23.5 Å². The van der Waals surface area contributed by atoms with Crippen LogP contribution >= 0.6 is 0 Å². The molecule has 1 aliphatic carbocycles. The Kier molecular flexibility index (Phi) is 8.11. The Hall–Kier alpha value is -3.17. The maximum absolute atomic E-state index is 15.1. The maximum Gasteiger partial charge on any atom is 0.332 e. The van der Waals surface area contributed by atoms with E-state index in [0.29, 0.717) is 18.4 Å². The smallest absolute Gasteiger partial charge is 0.332 e. The number of rotatable bonds is 9. The molecule has 0 unspecified atom stereocenters. The molecule has 1 amide bonds. The maximum atomic E-state index is 15.1. The molecule has 1 heterocycles. The predicted octanol–water partition coefficient (Wildman–Crippen LogP) is 2.95. The topological polar surface area (TPSA) is 114 Å². The summed E-state index contributed by atoms with van der Waals surface area (Å²) in [6.07, 6.45) is 6.36. The van der Waals surface area contributed by atoms with Crippen molar-refractivity contribution in [1.82, 2.24) is 14.0 Å². The number of fused-ring (bicyclic) bond motifs is 1. The van der Waals surface area contributed by atoms with Crippen LogP contribution in [0.2, 0.25) is 0 Å². The molecule has 1 saturated carbocycles. The fourth-order valence-corrected chi connectivity index (χ4v) is 4.67. The van der Waals surface area contributed by atoms with Gasteiger partial charge in [0.2, 0.25) is 5.91 Å². The lowest BCUT2D eigenvalue weighted by Gasteiger charge is -2.25. The Morgan fingerprint density at radius 1 is 1.18 bits per heavy atom. The van der Waals surface area contributed by atoms with Crippen LogP contribution in [-0.2, 0) is 16.1 Å². The third kappa shape index (κ3) is 5.31. The fourth-order valence-electron chi connectivity index (χ4n) is 4.67. The number of anilines is 1. The summed E-state index contributed by atoms with van der Waals surface area (Å²) < 4.78 is 17.3. The largest absolute Gasteiger partial charge is 0.480 e. The second kappa shape index (κ2) is 10.8. The van der Waals surface area contributed by atoms with E-state index in [1.54, 1.807) is 0 Å². The lowest BCUT2D eigenvalue weighted by molar-refractivity contribution is -0.143. The number of carboxylic acids is 1. The minimum atomic E-state index is -1.21. The Balaban J connectivity index is 2.15. The third-order valence-electron chi connectivity index (χ3n) is 6.62. The van der Waals surface area contributed by atoms with E-state index >= 15 is 4.39 Å². The van der Waals surface area contributed by atoms with Crippen molar-refractivity contribution in [3.63, 3.8) is 0 Å². The van der Waals surface area contributed by atoms with Gasteiger partial charge in [0, 0.05) is 19.1 Å². The van der Waals surface area contributed by atoms with E-state index in [4.69, 9.17) is 5.11 Å². The molecule has 0 radical (unpaired) electrons. The van der Waals surface area contributed by atoms with E-state index in [2.05, 4.69) is 5.32 Å². The van der Waals surface area contributed by atoms with Gasteiger partial charge >= 0.3 is 11.7 Å². The molecule has 2 N–H and O–H groups in total. The summed E-state index contributed by atoms with van der Waals surface area (Å²) in [5.74, 6) is -2.50. The lowest BCUT2D eigenvalue weighted by atomic mass is 9.95. The van der Waals surface area contributed by atoms with Crippen LogP contribution in [0.1, 0.15) is 64.8 Å². The Labute approximate surface area is 197 Å². The van der Waals surface area contributed by atoms with Crippen LogP contribution < -0.4 is 16.6 Å². The molecular formula is C24H33FN4O5. The van der Waals surface area contributed by atoms with Crippen molar-refractivity contribution in [3.05, 3.63) is 38.8 Å². The van der Waals surface area contributed by atoms with E-state index < -0.39 is 42.0 Å². The molecule has 2 aromatic rings. The number of nitrogens with one attached hydrogen (secondary N) is 1. The first kappa shape index (κ1) is 25.5. The van der Waals surface area contributed by atoms with Crippen molar-refractivity contribution in [2.45, 2.75) is 77.4 Å². The van der Waals surface area contributed by atoms with Crippen molar-refractivity contribution in [2.75, 3.05) is 18.9 Å². The van der Waals surface area contributed by atoms with Crippen LogP contribution in [-0.4, -0.2) is 50.7 Å². The average molecular weight is 477 g/mol. The molecule has 186 valence electrons. The molecule has 0 bridgehead atoms. The standard InChI is InChI=1S/C24H33FN4O5/c1-4-16(5-2)29-20-12-19(26-15-9-7-6-8-10-15)18(25)11-17(20)23(33)28(24(29)34)13-21(30)27(3)14-22(31)32/h11-12,15-16,26H,4-10,13-14H2,1-3H3,(H,31,32). The predicted molar refractivity (Wildman–Crippen MR) is 128 cm³/mol. The number of hydrogen-bond donors (Lipinski definition) is 2. The molecule has 0 spiro atoms. The summed E-state index contributed by atoms with van der Waals surface area (Å²) >= 11 is 0. The van der Waals surface area contributed by atoms with Gasteiger partial charge in [0.1, 0.15) is 18.9 Å². The number of nitrogens with zero attached hydrogens (tertiary/aromatic N) is 3. The van der Waals surface area contributed by atoms with Gasteiger partial charge in [0.25, 0.3) is 5.56 Å². The summed E-state index contributed by atoms with van der Waals surface area (Å²) in [5, 5.41) is 12.2. The second-order valence-electron chi connectivity index (χ2n) is 8.99. The van der Waals surface area contributed by atoms with Crippen LogP contribution in [0.4, 0.5) is 10.1 Å². The first-order chi connectivity index (χ1) is 16.2. The molecule has 1 aromatic heterocycles. The van der Waals surface area contributed by atoms with Crippen molar-refractivity contribution in [3.8, 4) is 0 Å². The number of aromatic nitrogens is 2. The highest BCUT2D eigenvalue weighted by Gasteiger charge is 2.23. The number of hydrogen-bond acceptors (Lipinski definition) is 5. The number of carboxylic acid groups (broad SMARTS) is 1. The highest BCUT2D eigenvalue weighted by molar-refractivity contribution is 5.84. The Bertz CT molecular complexity index is 1180. The molecule has 34 heavy (non-hydrogen) atoms. The lowest BCUT2D eigenvalue weighted by Crippen LogP contribution is -2.45. The monoisotopic (exact) mass is 476 g/mol. The van der Waals surface area contributed by atoms with Crippen LogP contribution in [0, 0.1) is 5.82 Å². The number of amides is 1. The molecular weight excluding hydrogens is 443 g/mol. The minimum absolute atomic E-state index is 0.00637. The SMILES string of the molecule is CCC(CC)n1c(=O)n(CC(=O)N(C)CC(=O)O)c(=O)c2cc(F)c(NC3CCCCC3)cc21. The van der Waals surface area contributed by atoms with Gasteiger partial charge in [-0.25, -0.2) is 9.18 Å². The zero-order valence-corrected chi connectivity index (χ0v) is 20.0. The fraction of sp³-hybridized carbons (Fsp3) is 0.583. The highest BCUT2D eigenvalue weighted by atomic mass is 19.1. The van der Waals surface area contributed by atoms with Crippen LogP contribution in [0.25, 0.3) is 10.9 Å². The molecule has 1 fully saturated rings. The van der Waals surface area contributed by atoms with Gasteiger partial charge in [-0.15, -0.1) is 0 Å². The molecule has 0 atom stereocenters. The first-order valence-corrected chi connectivity index (χ1v) is 11.9. The van der Waals surface area contributed by atoms with Gasteiger partial charge in [-0.1, -0.05) is 33.1 Å². The normalized spacial score (nSPS) is 14.5. The van der Waals surface area contributed by atoms with Crippen LogP contribution in [0.5, 0.6) is 0 Å². The minimum Gasteiger partial charge on any atom is -0.480 e. The van der Waals surface area contributed by atoms with E-state index in [9.17, 15) is 19.2 Å². The Morgan fingerprint density at radius 2 is 1.82 bits per heavy atom. The third-order valence-corrected chi connectivity index (χ3v) is 6.62. The van der Waals surface area contributed by atoms with E-state index in [1.807, 2.05) is 13.8 Å². The molecule has 0 aliphatic heterocycles. The van der Waals surface area contributed by atoms with E-state index in [-0.39, 0.29) is 23.2 Å². The summed E-state index contributed by atoms with van der Waals surface area (Å²) in [7, 11) is 1.28. The number of likely N-dealkylation sites (N-methyl/N-ethyl adjacent to an activating group) is 1. The molecule has 0 saturated heterocycles. The van der Waals surface area contributed by atoms with Gasteiger partial charge in [-0.2, -0.15) is 0 Å². The number of benzene rings is 1. The summed E-state index contributed by atoms with van der Waals surface area (Å²) in [5.41, 5.74) is -0.861. The number of aliphatic carboxylic acids is 1. The molecule has 3 rings (SSSR count). The zero-order chi connectivity index (χ0) is 25.0.